The van der Waals surface area contributed by atoms with E-state index in [9.17, 15) is 9.59 Å². The Balaban J connectivity index is 2.34. The van der Waals surface area contributed by atoms with Crippen LogP contribution >= 0.6 is 15.9 Å². The second-order valence-corrected chi connectivity index (χ2v) is 4.53. The molecule has 1 aromatic rings. The van der Waals surface area contributed by atoms with Gasteiger partial charge in [0.25, 0.3) is 5.91 Å². The summed E-state index contributed by atoms with van der Waals surface area (Å²) in [6.07, 6.45) is -1.06. The molecule has 0 spiro atoms. The first-order valence-electron chi connectivity index (χ1n) is 5.43. The van der Waals surface area contributed by atoms with Crippen molar-refractivity contribution in [2.45, 2.75) is 6.10 Å². The Kier molecular flexibility index (Phi) is 6.31. The number of carboxylic acids is 1. The van der Waals surface area contributed by atoms with Crippen molar-refractivity contribution in [3.8, 4) is 5.75 Å². The van der Waals surface area contributed by atoms with E-state index < -0.39 is 18.0 Å². The summed E-state index contributed by atoms with van der Waals surface area (Å²) in [6, 6.07) is 7.06. The lowest BCUT2D eigenvalue weighted by Crippen LogP contribution is -2.39. The third-order valence-electron chi connectivity index (χ3n) is 2.21. The number of nitrogens with one attached hydrogen (secondary N) is 1. The third kappa shape index (κ3) is 5.71. The first-order valence-corrected chi connectivity index (χ1v) is 6.23. The van der Waals surface area contributed by atoms with Crippen molar-refractivity contribution in [1.29, 1.82) is 0 Å². The van der Waals surface area contributed by atoms with E-state index in [0.29, 0.717) is 5.75 Å². The highest BCUT2D eigenvalue weighted by Gasteiger charge is 2.17. The zero-order valence-electron chi connectivity index (χ0n) is 10.3. The number of ether oxygens (including phenoxy) is 2. The van der Waals surface area contributed by atoms with Crippen molar-refractivity contribution in [1.82, 2.24) is 5.32 Å². The second-order valence-electron chi connectivity index (χ2n) is 3.61. The highest BCUT2D eigenvalue weighted by Crippen LogP contribution is 2.17. The van der Waals surface area contributed by atoms with E-state index >= 15 is 0 Å². The van der Waals surface area contributed by atoms with Gasteiger partial charge in [-0.3, -0.25) is 4.79 Å². The van der Waals surface area contributed by atoms with Crippen LogP contribution in [0.3, 0.4) is 0 Å². The molecule has 1 rings (SSSR count). The van der Waals surface area contributed by atoms with Crippen molar-refractivity contribution in [3.63, 3.8) is 0 Å². The monoisotopic (exact) mass is 331 g/mol. The van der Waals surface area contributed by atoms with Gasteiger partial charge in [0.1, 0.15) is 5.75 Å². The van der Waals surface area contributed by atoms with Crippen LogP contribution in [-0.2, 0) is 14.3 Å². The molecule has 0 bridgehead atoms. The number of rotatable bonds is 7. The highest BCUT2D eigenvalue weighted by molar-refractivity contribution is 9.10. The number of carbonyl (C=O) groups excluding carboxylic acids is 1. The third-order valence-corrected chi connectivity index (χ3v) is 2.70. The summed E-state index contributed by atoms with van der Waals surface area (Å²) in [5.41, 5.74) is 0. The van der Waals surface area contributed by atoms with Crippen LogP contribution in [0.2, 0.25) is 0 Å². The lowest BCUT2D eigenvalue weighted by molar-refractivity contribution is -0.148. The highest BCUT2D eigenvalue weighted by atomic mass is 79.9. The fourth-order valence-electron chi connectivity index (χ4n) is 1.23. The second kappa shape index (κ2) is 7.75. The van der Waals surface area contributed by atoms with Gasteiger partial charge in [0.05, 0.1) is 6.54 Å². The number of benzene rings is 1. The van der Waals surface area contributed by atoms with Gasteiger partial charge in [0.2, 0.25) is 0 Å². The average Bonchev–Trinajstić information content (AvgIpc) is 2.37. The maximum absolute atomic E-state index is 11.4. The maximum Gasteiger partial charge on any atom is 0.334 e. The molecule has 0 aliphatic carbocycles. The predicted octanol–water partition coefficient (Wildman–Crippen LogP) is 1.04. The minimum atomic E-state index is -1.13. The molecule has 1 amide bonds. The first kappa shape index (κ1) is 15.5. The molecule has 0 radical (unpaired) electrons. The zero-order chi connectivity index (χ0) is 14.3. The molecule has 104 valence electrons. The molecule has 0 saturated heterocycles. The minimum absolute atomic E-state index is 0.105. The molecule has 19 heavy (non-hydrogen) atoms. The molecule has 1 unspecified atom stereocenters. The summed E-state index contributed by atoms with van der Waals surface area (Å²) in [5.74, 6) is -0.995. The van der Waals surface area contributed by atoms with Gasteiger partial charge in [0, 0.05) is 11.6 Å². The smallest absolute Gasteiger partial charge is 0.334 e. The fourth-order valence-corrected chi connectivity index (χ4v) is 1.61. The molecule has 7 heteroatoms. The average molecular weight is 332 g/mol. The molecule has 2 N–H and O–H groups in total. The molecule has 0 saturated carbocycles. The Labute approximate surface area is 118 Å². The van der Waals surface area contributed by atoms with Gasteiger partial charge in [-0.05, 0) is 18.2 Å². The molecule has 0 heterocycles. The molecule has 0 aromatic heterocycles. The Bertz CT molecular complexity index is 452. The van der Waals surface area contributed by atoms with Gasteiger partial charge in [0.15, 0.2) is 12.7 Å². The molecule has 1 aromatic carbocycles. The van der Waals surface area contributed by atoms with Gasteiger partial charge in [-0.15, -0.1) is 0 Å². The van der Waals surface area contributed by atoms with E-state index in [4.69, 9.17) is 9.84 Å². The van der Waals surface area contributed by atoms with E-state index in [2.05, 4.69) is 26.0 Å². The van der Waals surface area contributed by atoms with Crippen LogP contribution in [0.5, 0.6) is 5.75 Å². The summed E-state index contributed by atoms with van der Waals surface area (Å²) in [7, 11) is 1.27. The number of hydrogen-bond donors (Lipinski definition) is 2. The van der Waals surface area contributed by atoms with Gasteiger partial charge < -0.3 is 19.9 Å². The molecule has 0 fully saturated rings. The summed E-state index contributed by atoms with van der Waals surface area (Å²) >= 11 is 3.28. The number of carbonyl (C=O) groups is 2. The SMILES string of the molecule is COC(CNC(=O)COc1cccc(Br)c1)C(=O)O. The van der Waals surface area contributed by atoms with Crippen LogP contribution in [0, 0.1) is 0 Å². The molecular weight excluding hydrogens is 318 g/mol. The standard InChI is InChI=1S/C12H14BrNO5/c1-18-10(12(16)17)6-14-11(15)7-19-9-4-2-3-8(13)5-9/h2-5,10H,6-7H2,1H3,(H,14,15)(H,16,17). The van der Waals surface area contributed by atoms with Gasteiger partial charge in [-0.25, -0.2) is 4.79 Å². The lowest BCUT2D eigenvalue weighted by atomic mass is 10.3. The maximum atomic E-state index is 11.4. The minimum Gasteiger partial charge on any atom is -0.484 e. The summed E-state index contributed by atoms with van der Waals surface area (Å²) < 4.78 is 10.8. The number of halogens is 1. The lowest BCUT2D eigenvalue weighted by Gasteiger charge is -2.12. The molecule has 0 aliphatic rings. The van der Waals surface area contributed by atoms with Gasteiger partial charge in [-0.1, -0.05) is 22.0 Å². The van der Waals surface area contributed by atoms with Crippen molar-refractivity contribution in [2.24, 2.45) is 0 Å². The normalized spacial score (nSPS) is 11.7. The Morgan fingerprint density at radius 3 is 2.79 bits per heavy atom. The van der Waals surface area contributed by atoms with Crippen molar-refractivity contribution < 1.29 is 24.2 Å². The van der Waals surface area contributed by atoms with Crippen molar-refractivity contribution >= 4 is 27.8 Å². The Morgan fingerprint density at radius 2 is 2.21 bits per heavy atom. The fraction of sp³-hybridized carbons (Fsp3) is 0.333. The van der Waals surface area contributed by atoms with Gasteiger partial charge >= 0.3 is 5.97 Å². The summed E-state index contributed by atoms with van der Waals surface area (Å²) in [6.45, 7) is -0.293. The van der Waals surface area contributed by atoms with Crippen LogP contribution in [0.1, 0.15) is 0 Å². The molecular formula is C12H14BrNO5. The van der Waals surface area contributed by atoms with E-state index in [0.717, 1.165) is 4.47 Å². The topological polar surface area (TPSA) is 84.9 Å². The van der Waals surface area contributed by atoms with Crippen molar-refractivity contribution in [2.75, 3.05) is 20.3 Å². The van der Waals surface area contributed by atoms with Crippen LogP contribution in [0.15, 0.2) is 28.7 Å². The predicted molar refractivity (Wildman–Crippen MR) is 71.1 cm³/mol. The first-order chi connectivity index (χ1) is 9.02. The number of carboxylic acid groups (broad SMARTS) is 1. The van der Waals surface area contributed by atoms with E-state index in [1.54, 1.807) is 18.2 Å². The van der Waals surface area contributed by atoms with Crippen LogP contribution in [-0.4, -0.2) is 43.3 Å². The van der Waals surface area contributed by atoms with E-state index in [-0.39, 0.29) is 13.2 Å². The van der Waals surface area contributed by atoms with Crippen LogP contribution < -0.4 is 10.1 Å². The summed E-state index contributed by atoms with van der Waals surface area (Å²) in [5, 5.41) is 11.1. The Hall–Kier alpha value is -1.60. The number of hydrogen-bond acceptors (Lipinski definition) is 4. The zero-order valence-corrected chi connectivity index (χ0v) is 11.8. The molecule has 0 aliphatic heterocycles. The van der Waals surface area contributed by atoms with E-state index in [1.165, 1.54) is 7.11 Å². The van der Waals surface area contributed by atoms with Crippen molar-refractivity contribution in [3.05, 3.63) is 28.7 Å². The quantitative estimate of drug-likeness (QED) is 0.779. The largest absolute Gasteiger partial charge is 0.484 e. The number of amides is 1. The molecule has 1 atom stereocenters. The van der Waals surface area contributed by atoms with Crippen LogP contribution in [0.4, 0.5) is 0 Å². The molecule has 6 nitrogen and oxygen atoms in total. The van der Waals surface area contributed by atoms with Crippen LogP contribution in [0.25, 0.3) is 0 Å². The van der Waals surface area contributed by atoms with Gasteiger partial charge in [-0.2, -0.15) is 0 Å². The number of methoxy groups -OCH3 is 1. The summed E-state index contributed by atoms with van der Waals surface area (Å²) in [4.78, 5) is 22.1. The number of aliphatic carboxylic acids is 1. The Morgan fingerprint density at radius 1 is 1.47 bits per heavy atom. The van der Waals surface area contributed by atoms with E-state index in [1.807, 2.05) is 6.07 Å².